The second-order valence-corrected chi connectivity index (χ2v) is 21.4. The van der Waals surface area contributed by atoms with Gasteiger partial charge in [-0.05, 0) is 57.8 Å². The Morgan fingerprint density at radius 3 is 1.03 bits per heavy atom. The van der Waals surface area contributed by atoms with Gasteiger partial charge in [-0.15, -0.1) is 0 Å². The van der Waals surface area contributed by atoms with E-state index in [2.05, 4.69) is 31.3 Å². The van der Waals surface area contributed by atoms with Gasteiger partial charge in [-0.3, -0.25) is 9.59 Å². The molecular formula is C63H121NO5. The number of nitrogens with one attached hydrogen (secondary N) is 1. The van der Waals surface area contributed by atoms with Gasteiger partial charge >= 0.3 is 5.97 Å². The molecule has 1 amide bonds. The number of esters is 1. The number of rotatable bonds is 58. The standard InChI is InChI=1S/C63H121NO5/c1-3-5-7-9-11-13-15-17-19-20-25-29-33-37-41-45-49-53-57-63(68)69-58-54-50-46-42-38-34-30-26-23-21-22-24-28-32-36-40-44-48-52-56-62(67)64-60(59-65)61(66)55-51-47-43-39-35-31-27-18-16-14-12-10-8-6-4-2/h19-20,51,55,60-61,65-66H,3-18,21-50,52-54,56-59H2,1-2H3,(H,64,67)/b20-19-,55-51+. The topological polar surface area (TPSA) is 95.9 Å². The molecule has 0 aliphatic heterocycles. The molecule has 0 aromatic heterocycles. The van der Waals surface area contributed by atoms with E-state index in [1.54, 1.807) is 6.08 Å². The molecule has 6 heteroatoms. The molecular weight excluding hydrogens is 851 g/mol. The van der Waals surface area contributed by atoms with Crippen LogP contribution in [-0.2, 0) is 14.3 Å². The van der Waals surface area contributed by atoms with Crippen LogP contribution in [0, 0.1) is 0 Å². The molecule has 0 fully saturated rings. The van der Waals surface area contributed by atoms with E-state index in [1.165, 1.54) is 270 Å². The number of hydrogen-bond acceptors (Lipinski definition) is 5. The maximum atomic E-state index is 12.5. The average Bonchev–Trinajstić information content (AvgIpc) is 3.35. The maximum Gasteiger partial charge on any atom is 0.305 e. The van der Waals surface area contributed by atoms with Gasteiger partial charge in [0.1, 0.15) is 0 Å². The largest absolute Gasteiger partial charge is 0.466 e. The van der Waals surface area contributed by atoms with Crippen molar-refractivity contribution in [2.45, 2.75) is 353 Å². The van der Waals surface area contributed by atoms with Crippen LogP contribution in [-0.4, -0.2) is 47.4 Å². The minimum absolute atomic E-state index is 0.00581. The van der Waals surface area contributed by atoms with E-state index in [9.17, 15) is 19.8 Å². The lowest BCUT2D eigenvalue weighted by molar-refractivity contribution is -0.143. The van der Waals surface area contributed by atoms with Crippen molar-refractivity contribution in [2.24, 2.45) is 0 Å². The number of carbonyl (C=O) groups is 2. The van der Waals surface area contributed by atoms with Crippen molar-refractivity contribution in [1.82, 2.24) is 5.32 Å². The zero-order valence-electron chi connectivity index (χ0n) is 46.6. The number of aliphatic hydroxyl groups is 2. The van der Waals surface area contributed by atoms with Crippen LogP contribution >= 0.6 is 0 Å². The fourth-order valence-electron chi connectivity index (χ4n) is 9.69. The lowest BCUT2D eigenvalue weighted by Gasteiger charge is -2.20. The summed E-state index contributed by atoms with van der Waals surface area (Å²) in [4.78, 5) is 24.6. The first-order chi connectivity index (χ1) is 34.0. The molecule has 0 radical (unpaired) electrons. The summed E-state index contributed by atoms with van der Waals surface area (Å²) in [6.07, 6.45) is 72.1. The molecule has 408 valence electrons. The van der Waals surface area contributed by atoms with Gasteiger partial charge in [-0.1, -0.05) is 295 Å². The fourth-order valence-corrected chi connectivity index (χ4v) is 9.69. The number of aliphatic hydroxyl groups excluding tert-OH is 2. The zero-order valence-corrected chi connectivity index (χ0v) is 46.6. The summed E-state index contributed by atoms with van der Waals surface area (Å²) in [5.41, 5.74) is 0. The quantitative estimate of drug-likeness (QED) is 0.0321. The summed E-state index contributed by atoms with van der Waals surface area (Å²) in [7, 11) is 0. The van der Waals surface area contributed by atoms with Crippen LogP contribution in [0.2, 0.25) is 0 Å². The van der Waals surface area contributed by atoms with Crippen molar-refractivity contribution in [3.8, 4) is 0 Å². The molecule has 0 aromatic carbocycles. The van der Waals surface area contributed by atoms with Crippen molar-refractivity contribution in [3.63, 3.8) is 0 Å². The number of ether oxygens (including phenoxy) is 1. The predicted octanol–water partition coefficient (Wildman–Crippen LogP) is 19.4. The number of carbonyl (C=O) groups excluding carboxylic acids is 2. The molecule has 3 N–H and O–H groups in total. The fraction of sp³-hybridized carbons (Fsp3) is 0.905. The Bertz CT molecular complexity index is 1080. The van der Waals surface area contributed by atoms with Gasteiger partial charge in [0.05, 0.1) is 25.4 Å². The predicted molar refractivity (Wildman–Crippen MR) is 301 cm³/mol. The second kappa shape index (κ2) is 58.9. The Hall–Kier alpha value is -1.66. The highest BCUT2D eigenvalue weighted by atomic mass is 16.5. The van der Waals surface area contributed by atoms with E-state index in [4.69, 9.17) is 4.74 Å². The van der Waals surface area contributed by atoms with Gasteiger partial charge in [0.25, 0.3) is 0 Å². The Kier molecular flexibility index (Phi) is 57.5. The van der Waals surface area contributed by atoms with Crippen LogP contribution in [0.1, 0.15) is 341 Å². The van der Waals surface area contributed by atoms with Crippen LogP contribution in [0.5, 0.6) is 0 Å². The van der Waals surface area contributed by atoms with Gasteiger partial charge in [0, 0.05) is 12.8 Å². The summed E-state index contributed by atoms with van der Waals surface area (Å²) < 4.78 is 5.49. The normalized spacial score (nSPS) is 12.7. The molecule has 0 spiro atoms. The van der Waals surface area contributed by atoms with Crippen molar-refractivity contribution in [1.29, 1.82) is 0 Å². The van der Waals surface area contributed by atoms with Crippen LogP contribution in [0.3, 0.4) is 0 Å². The van der Waals surface area contributed by atoms with Gasteiger partial charge in [-0.2, -0.15) is 0 Å². The van der Waals surface area contributed by atoms with E-state index < -0.39 is 12.1 Å². The van der Waals surface area contributed by atoms with Gasteiger partial charge in [0.15, 0.2) is 0 Å². The second-order valence-electron chi connectivity index (χ2n) is 21.4. The first kappa shape index (κ1) is 67.3. The summed E-state index contributed by atoms with van der Waals surface area (Å²) in [6, 6.07) is -0.630. The first-order valence-corrected chi connectivity index (χ1v) is 31.1. The van der Waals surface area contributed by atoms with Crippen molar-refractivity contribution < 1.29 is 24.5 Å². The van der Waals surface area contributed by atoms with Gasteiger partial charge in [0.2, 0.25) is 5.91 Å². The first-order valence-electron chi connectivity index (χ1n) is 31.1. The molecule has 0 aliphatic rings. The highest BCUT2D eigenvalue weighted by Crippen LogP contribution is 2.17. The minimum Gasteiger partial charge on any atom is -0.466 e. The SMILES string of the molecule is CCCCCCCCC/C=C\CCCCCCCCCC(=O)OCCCCCCCCCCCCCCCCCCCCCC(=O)NC(CO)C(O)/C=C/CCCCCCCCCCCCCCC. The van der Waals surface area contributed by atoms with Gasteiger partial charge in [-0.25, -0.2) is 0 Å². The smallest absolute Gasteiger partial charge is 0.305 e. The number of amides is 1. The molecule has 0 rings (SSSR count). The molecule has 0 bridgehead atoms. The average molecular weight is 973 g/mol. The van der Waals surface area contributed by atoms with Crippen molar-refractivity contribution in [3.05, 3.63) is 24.3 Å². The summed E-state index contributed by atoms with van der Waals surface area (Å²) in [6.45, 7) is 4.91. The van der Waals surface area contributed by atoms with E-state index in [-0.39, 0.29) is 18.5 Å². The van der Waals surface area contributed by atoms with Crippen LogP contribution < -0.4 is 5.32 Å². The molecule has 0 aromatic rings. The number of hydrogen-bond donors (Lipinski definition) is 3. The lowest BCUT2D eigenvalue weighted by Crippen LogP contribution is -2.45. The molecule has 0 saturated carbocycles. The Morgan fingerprint density at radius 1 is 0.391 bits per heavy atom. The lowest BCUT2D eigenvalue weighted by atomic mass is 10.0. The minimum atomic E-state index is -0.846. The highest BCUT2D eigenvalue weighted by Gasteiger charge is 2.18. The monoisotopic (exact) mass is 972 g/mol. The molecule has 2 unspecified atom stereocenters. The summed E-state index contributed by atoms with van der Waals surface area (Å²) in [5.74, 6) is -0.0634. The van der Waals surface area contributed by atoms with Crippen molar-refractivity contribution >= 4 is 11.9 Å². The third kappa shape index (κ3) is 55.5. The van der Waals surface area contributed by atoms with Crippen LogP contribution in [0.25, 0.3) is 0 Å². The number of allylic oxidation sites excluding steroid dienone is 3. The van der Waals surface area contributed by atoms with E-state index in [0.29, 0.717) is 19.4 Å². The van der Waals surface area contributed by atoms with E-state index in [0.717, 1.165) is 44.9 Å². The van der Waals surface area contributed by atoms with Crippen LogP contribution in [0.4, 0.5) is 0 Å². The third-order valence-corrected chi connectivity index (χ3v) is 14.5. The molecule has 69 heavy (non-hydrogen) atoms. The Morgan fingerprint density at radius 2 is 0.681 bits per heavy atom. The molecule has 0 saturated heterocycles. The summed E-state index contributed by atoms with van der Waals surface area (Å²) in [5, 5.41) is 23.1. The van der Waals surface area contributed by atoms with Gasteiger partial charge < -0.3 is 20.3 Å². The molecule has 6 nitrogen and oxygen atoms in total. The molecule has 0 aliphatic carbocycles. The highest BCUT2D eigenvalue weighted by molar-refractivity contribution is 5.76. The molecule has 0 heterocycles. The summed E-state index contributed by atoms with van der Waals surface area (Å²) >= 11 is 0. The maximum absolute atomic E-state index is 12.5. The van der Waals surface area contributed by atoms with E-state index >= 15 is 0 Å². The third-order valence-electron chi connectivity index (χ3n) is 14.5. The Balaban J connectivity index is 3.40. The number of unbranched alkanes of at least 4 members (excludes halogenated alkanes) is 45. The Labute approximate surface area is 431 Å². The zero-order chi connectivity index (χ0) is 50.0. The molecule has 2 atom stereocenters. The van der Waals surface area contributed by atoms with Crippen LogP contribution in [0.15, 0.2) is 24.3 Å². The van der Waals surface area contributed by atoms with Crippen molar-refractivity contribution in [2.75, 3.05) is 13.2 Å². The van der Waals surface area contributed by atoms with E-state index in [1.807, 2.05) is 6.08 Å².